The SMILES string of the molecule is CC(C)c1noc(CCCNC(=O)c2cccc(S(=O)(=O)NC3CC3)c2)n1. The number of carbonyl (C=O) groups excluding carboxylic acids is 1. The fourth-order valence-corrected chi connectivity index (χ4v) is 3.79. The topological polar surface area (TPSA) is 114 Å². The normalized spacial score (nSPS) is 14.5. The van der Waals surface area contributed by atoms with Crippen LogP contribution in [-0.4, -0.2) is 37.1 Å². The second-order valence-corrected chi connectivity index (χ2v) is 8.70. The predicted molar refractivity (Wildman–Crippen MR) is 98.8 cm³/mol. The Morgan fingerprint density at radius 1 is 1.33 bits per heavy atom. The number of aryl methyl sites for hydroxylation is 1. The molecule has 0 unspecified atom stereocenters. The van der Waals surface area contributed by atoms with E-state index in [-0.39, 0.29) is 22.8 Å². The highest BCUT2D eigenvalue weighted by atomic mass is 32.2. The van der Waals surface area contributed by atoms with E-state index in [2.05, 4.69) is 20.2 Å². The Morgan fingerprint density at radius 3 is 2.78 bits per heavy atom. The van der Waals surface area contributed by atoms with Gasteiger partial charge in [-0.25, -0.2) is 13.1 Å². The first-order valence-electron chi connectivity index (χ1n) is 9.08. The third kappa shape index (κ3) is 5.36. The van der Waals surface area contributed by atoms with Crippen molar-refractivity contribution in [2.24, 2.45) is 0 Å². The van der Waals surface area contributed by atoms with Gasteiger partial charge in [0, 0.05) is 30.5 Å². The second kappa shape index (κ2) is 8.18. The molecule has 0 saturated heterocycles. The molecule has 27 heavy (non-hydrogen) atoms. The number of hydrogen-bond acceptors (Lipinski definition) is 6. The molecule has 8 nitrogen and oxygen atoms in total. The van der Waals surface area contributed by atoms with E-state index in [0.29, 0.717) is 36.7 Å². The van der Waals surface area contributed by atoms with Crippen LogP contribution in [0.2, 0.25) is 0 Å². The van der Waals surface area contributed by atoms with Crippen molar-refractivity contribution >= 4 is 15.9 Å². The van der Waals surface area contributed by atoms with E-state index in [1.165, 1.54) is 12.1 Å². The van der Waals surface area contributed by atoms with Crippen molar-refractivity contribution in [3.05, 3.63) is 41.5 Å². The van der Waals surface area contributed by atoms with Crippen LogP contribution in [0, 0.1) is 0 Å². The van der Waals surface area contributed by atoms with E-state index in [0.717, 1.165) is 12.8 Å². The molecule has 2 N–H and O–H groups in total. The summed E-state index contributed by atoms with van der Waals surface area (Å²) in [6.45, 7) is 4.40. The van der Waals surface area contributed by atoms with E-state index >= 15 is 0 Å². The van der Waals surface area contributed by atoms with Crippen molar-refractivity contribution in [2.75, 3.05) is 6.54 Å². The van der Waals surface area contributed by atoms with E-state index in [4.69, 9.17) is 4.52 Å². The zero-order chi connectivity index (χ0) is 19.4. The van der Waals surface area contributed by atoms with Crippen LogP contribution in [0.5, 0.6) is 0 Å². The van der Waals surface area contributed by atoms with Crippen LogP contribution in [0.1, 0.15) is 61.1 Å². The lowest BCUT2D eigenvalue weighted by atomic mass is 10.2. The largest absolute Gasteiger partial charge is 0.352 e. The van der Waals surface area contributed by atoms with Gasteiger partial charge < -0.3 is 9.84 Å². The molecule has 1 aliphatic rings. The van der Waals surface area contributed by atoms with Crippen LogP contribution in [0.15, 0.2) is 33.7 Å². The van der Waals surface area contributed by atoms with Gasteiger partial charge in [0.15, 0.2) is 5.82 Å². The molecular weight excluding hydrogens is 368 g/mol. The van der Waals surface area contributed by atoms with Crippen LogP contribution in [-0.2, 0) is 16.4 Å². The molecule has 1 aliphatic carbocycles. The molecule has 0 bridgehead atoms. The molecular formula is C18H24N4O4S. The van der Waals surface area contributed by atoms with Gasteiger partial charge in [-0.1, -0.05) is 25.1 Å². The standard InChI is InChI=1S/C18H24N4O4S/c1-12(2)17-20-16(26-21-17)7-4-10-19-18(23)13-5-3-6-15(11-13)27(24,25)22-14-8-9-14/h3,5-6,11-12,14,22H,4,7-10H2,1-2H3,(H,19,23). The van der Waals surface area contributed by atoms with Gasteiger partial charge in [0.05, 0.1) is 4.90 Å². The smallest absolute Gasteiger partial charge is 0.251 e. The molecule has 2 aromatic rings. The Labute approximate surface area is 158 Å². The van der Waals surface area contributed by atoms with Crippen LogP contribution >= 0.6 is 0 Å². The quantitative estimate of drug-likeness (QED) is 0.631. The third-order valence-corrected chi connectivity index (χ3v) is 5.68. The van der Waals surface area contributed by atoms with Gasteiger partial charge >= 0.3 is 0 Å². The first kappa shape index (κ1) is 19.5. The van der Waals surface area contributed by atoms with Crippen molar-refractivity contribution in [1.29, 1.82) is 0 Å². The lowest BCUT2D eigenvalue weighted by molar-refractivity contribution is 0.0952. The maximum Gasteiger partial charge on any atom is 0.251 e. The summed E-state index contributed by atoms with van der Waals surface area (Å²) in [5.74, 6) is 1.12. The predicted octanol–water partition coefficient (Wildman–Crippen LogP) is 2.00. The summed E-state index contributed by atoms with van der Waals surface area (Å²) in [7, 11) is -3.58. The first-order valence-corrected chi connectivity index (χ1v) is 10.6. The Balaban J connectivity index is 1.51. The van der Waals surface area contributed by atoms with Crippen molar-refractivity contribution in [1.82, 2.24) is 20.2 Å². The number of nitrogens with one attached hydrogen (secondary N) is 2. The summed E-state index contributed by atoms with van der Waals surface area (Å²) in [5, 5.41) is 6.68. The lowest BCUT2D eigenvalue weighted by Crippen LogP contribution is -2.27. The Bertz CT molecular complexity index is 904. The molecule has 1 amide bonds. The van der Waals surface area contributed by atoms with E-state index < -0.39 is 10.0 Å². The minimum absolute atomic E-state index is 0.0217. The Morgan fingerprint density at radius 2 is 2.11 bits per heavy atom. The fourth-order valence-electron chi connectivity index (χ4n) is 2.44. The zero-order valence-corrected chi connectivity index (χ0v) is 16.3. The van der Waals surface area contributed by atoms with Crippen LogP contribution in [0.4, 0.5) is 0 Å². The monoisotopic (exact) mass is 392 g/mol. The lowest BCUT2D eigenvalue weighted by Gasteiger charge is -2.08. The fraction of sp³-hybridized carbons (Fsp3) is 0.500. The summed E-state index contributed by atoms with van der Waals surface area (Å²) < 4.78 is 32.3. The van der Waals surface area contributed by atoms with Gasteiger partial charge in [0.1, 0.15) is 0 Å². The Hall–Kier alpha value is -2.26. The number of carbonyl (C=O) groups is 1. The maximum absolute atomic E-state index is 12.3. The number of aromatic nitrogens is 2. The molecule has 1 aromatic carbocycles. The second-order valence-electron chi connectivity index (χ2n) is 6.98. The average Bonchev–Trinajstić information content (AvgIpc) is 3.30. The highest BCUT2D eigenvalue weighted by molar-refractivity contribution is 7.89. The number of rotatable bonds is 9. The zero-order valence-electron chi connectivity index (χ0n) is 15.4. The number of hydrogen-bond donors (Lipinski definition) is 2. The summed E-state index contributed by atoms with van der Waals surface area (Å²) in [4.78, 5) is 16.7. The molecule has 1 fully saturated rings. The summed E-state index contributed by atoms with van der Waals surface area (Å²) in [6.07, 6.45) is 2.93. The Kier molecular flexibility index (Phi) is 5.91. The van der Waals surface area contributed by atoms with Crippen LogP contribution in [0.25, 0.3) is 0 Å². The molecule has 0 radical (unpaired) electrons. The molecule has 1 heterocycles. The summed E-state index contributed by atoms with van der Waals surface area (Å²) in [6, 6.07) is 6.07. The van der Waals surface area contributed by atoms with Gasteiger partial charge in [-0.05, 0) is 37.5 Å². The first-order chi connectivity index (χ1) is 12.8. The molecule has 1 aromatic heterocycles. The van der Waals surface area contributed by atoms with Crippen LogP contribution in [0.3, 0.4) is 0 Å². The molecule has 1 saturated carbocycles. The van der Waals surface area contributed by atoms with Crippen molar-refractivity contribution in [2.45, 2.75) is 56.4 Å². The van der Waals surface area contributed by atoms with Crippen LogP contribution < -0.4 is 10.0 Å². The van der Waals surface area contributed by atoms with Gasteiger partial charge in [-0.3, -0.25) is 4.79 Å². The molecule has 3 rings (SSSR count). The highest BCUT2D eigenvalue weighted by Crippen LogP contribution is 2.22. The molecule has 9 heteroatoms. The molecule has 0 aliphatic heterocycles. The summed E-state index contributed by atoms with van der Waals surface area (Å²) >= 11 is 0. The number of benzene rings is 1. The van der Waals surface area contributed by atoms with E-state index in [1.807, 2.05) is 13.8 Å². The van der Waals surface area contributed by atoms with Crippen molar-refractivity contribution < 1.29 is 17.7 Å². The highest BCUT2D eigenvalue weighted by Gasteiger charge is 2.28. The molecule has 0 spiro atoms. The van der Waals surface area contributed by atoms with Gasteiger partial charge in [-0.15, -0.1) is 0 Å². The molecule has 0 atom stereocenters. The molecule has 146 valence electrons. The maximum atomic E-state index is 12.3. The van der Waals surface area contributed by atoms with E-state index in [1.54, 1.807) is 12.1 Å². The number of nitrogens with zero attached hydrogens (tertiary/aromatic N) is 2. The van der Waals surface area contributed by atoms with Crippen molar-refractivity contribution in [3.8, 4) is 0 Å². The minimum atomic E-state index is -3.58. The third-order valence-electron chi connectivity index (χ3n) is 4.16. The summed E-state index contributed by atoms with van der Waals surface area (Å²) in [5.41, 5.74) is 0.313. The van der Waals surface area contributed by atoms with Gasteiger partial charge in [-0.2, -0.15) is 4.98 Å². The van der Waals surface area contributed by atoms with E-state index in [9.17, 15) is 13.2 Å². The number of sulfonamides is 1. The van der Waals surface area contributed by atoms with Gasteiger partial charge in [0.25, 0.3) is 5.91 Å². The minimum Gasteiger partial charge on any atom is -0.352 e. The average molecular weight is 392 g/mol. The van der Waals surface area contributed by atoms with Crippen molar-refractivity contribution in [3.63, 3.8) is 0 Å². The van der Waals surface area contributed by atoms with Gasteiger partial charge in [0.2, 0.25) is 15.9 Å². The number of amides is 1.